The van der Waals surface area contributed by atoms with Crippen LogP contribution in [-0.2, 0) is 4.74 Å². The molecule has 1 aromatic rings. The van der Waals surface area contributed by atoms with Gasteiger partial charge in [-0.15, -0.1) is 5.10 Å². The Kier molecular flexibility index (Phi) is 4.97. The summed E-state index contributed by atoms with van der Waals surface area (Å²) in [5.41, 5.74) is 0.923. The second-order valence-corrected chi connectivity index (χ2v) is 4.39. The minimum atomic E-state index is 0.420. The Morgan fingerprint density at radius 2 is 2.24 bits per heavy atom. The number of aromatic nitrogens is 2. The summed E-state index contributed by atoms with van der Waals surface area (Å²) >= 11 is 5.74. The Morgan fingerprint density at radius 3 is 3.00 bits per heavy atom. The van der Waals surface area contributed by atoms with Crippen molar-refractivity contribution in [2.24, 2.45) is 0 Å². The Labute approximate surface area is 106 Å². The van der Waals surface area contributed by atoms with Gasteiger partial charge in [0, 0.05) is 25.7 Å². The lowest BCUT2D eigenvalue weighted by atomic mass is 10.3. The first-order valence-corrected chi connectivity index (χ1v) is 6.24. The topological polar surface area (TPSA) is 50.3 Å². The maximum Gasteiger partial charge on any atom is 0.153 e. The lowest BCUT2D eigenvalue weighted by Gasteiger charge is -2.26. The van der Waals surface area contributed by atoms with Crippen LogP contribution in [0.1, 0.15) is 6.42 Å². The lowest BCUT2D eigenvalue weighted by molar-refractivity contribution is 0.0378. The zero-order valence-electron chi connectivity index (χ0n) is 9.73. The molecule has 1 aliphatic rings. The normalized spacial score (nSPS) is 17.0. The molecule has 5 nitrogen and oxygen atoms in total. The lowest BCUT2D eigenvalue weighted by Crippen LogP contribution is -2.37. The summed E-state index contributed by atoms with van der Waals surface area (Å²) in [7, 11) is 0. The maximum atomic E-state index is 5.74. The molecule has 1 aromatic heterocycles. The molecule has 2 heterocycles. The van der Waals surface area contributed by atoms with Crippen molar-refractivity contribution >= 4 is 17.3 Å². The molecule has 1 aliphatic heterocycles. The van der Waals surface area contributed by atoms with Crippen molar-refractivity contribution in [3.05, 3.63) is 17.4 Å². The Morgan fingerprint density at radius 1 is 1.41 bits per heavy atom. The number of nitrogens with one attached hydrogen (secondary N) is 1. The highest BCUT2D eigenvalue weighted by Gasteiger charge is 2.08. The smallest absolute Gasteiger partial charge is 0.153 e. The van der Waals surface area contributed by atoms with Gasteiger partial charge in [0.25, 0.3) is 0 Å². The van der Waals surface area contributed by atoms with E-state index in [2.05, 4.69) is 20.4 Å². The van der Waals surface area contributed by atoms with Crippen LogP contribution in [0, 0.1) is 0 Å². The van der Waals surface area contributed by atoms with Crippen LogP contribution in [0.5, 0.6) is 0 Å². The van der Waals surface area contributed by atoms with Gasteiger partial charge in [0.2, 0.25) is 0 Å². The molecule has 17 heavy (non-hydrogen) atoms. The van der Waals surface area contributed by atoms with E-state index in [1.165, 1.54) is 0 Å². The van der Waals surface area contributed by atoms with Crippen molar-refractivity contribution in [1.82, 2.24) is 15.1 Å². The minimum absolute atomic E-state index is 0.420. The molecule has 1 saturated heterocycles. The molecular weight excluding hydrogens is 240 g/mol. The van der Waals surface area contributed by atoms with E-state index in [1.54, 1.807) is 12.3 Å². The molecule has 1 fully saturated rings. The third-order valence-electron chi connectivity index (χ3n) is 2.71. The van der Waals surface area contributed by atoms with Gasteiger partial charge in [0.15, 0.2) is 5.15 Å². The third-order valence-corrected chi connectivity index (χ3v) is 2.89. The molecule has 0 radical (unpaired) electrons. The van der Waals surface area contributed by atoms with Crippen molar-refractivity contribution in [3.63, 3.8) is 0 Å². The zero-order valence-corrected chi connectivity index (χ0v) is 10.5. The highest BCUT2D eigenvalue weighted by molar-refractivity contribution is 6.29. The standard InChI is InChI=1S/C11H17ClN4O/c12-11-8-10(9-14-15-11)13-2-1-3-16-4-6-17-7-5-16/h8-9H,1-7H2,(H,13,15). The van der Waals surface area contributed by atoms with Crippen molar-refractivity contribution in [2.45, 2.75) is 6.42 Å². The van der Waals surface area contributed by atoms with Crippen molar-refractivity contribution < 1.29 is 4.74 Å². The van der Waals surface area contributed by atoms with E-state index >= 15 is 0 Å². The van der Waals surface area contributed by atoms with Crippen LogP contribution in [0.3, 0.4) is 0 Å². The van der Waals surface area contributed by atoms with Crippen molar-refractivity contribution in [3.8, 4) is 0 Å². The number of hydrogen-bond donors (Lipinski definition) is 1. The summed E-state index contributed by atoms with van der Waals surface area (Å²) in [6, 6.07) is 1.78. The number of halogens is 1. The second-order valence-electron chi connectivity index (χ2n) is 4.00. The highest BCUT2D eigenvalue weighted by Crippen LogP contribution is 2.09. The van der Waals surface area contributed by atoms with Crippen LogP contribution in [0.15, 0.2) is 12.3 Å². The van der Waals surface area contributed by atoms with Crippen LogP contribution >= 0.6 is 11.6 Å². The summed E-state index contributed by atoms with van der Waals surface area (Å²) < 4.78 is 5.30. The van der Waals surface area contributed by atoms with Gasteiger partial charge in [-0.25, -0.2) is 0 Å². The summed E-state index contributed by atoms with van der Waals surface area (Å²) in [6.45, 7) is 5.82. The van der Waals surface area contributed by atoms with Gasteiger partial charge in [-0.2, -0.15) is 5.10 Å². The molecule has 94 valence electrons. The van der Waals surface area contributed by atoms with Crippen LogP contribution in [0.25, 0.3) is 0 Å². The average Bonchev–Trinajstić information content (AvgIpc) is 2.36. The number of nitrogens with zero attached hydrogens (tertiary/aromatic N) is 3. The van der Waals surface area contributed by atoms with Gasteiger partial charge in [-0.1, -0.05) is 11.6 Å². The fourth-order valence-electron chi connectivity index (χ4n) is 1.80. The molecule has 0 bridgehead atoms. The molecule has 0 atom stereocenters. The SMILES string of the molecule is Clc1cc(NCCCN2CCOCC2)cnn1. The van der Waals surface area contributed by atoms with Gasteiger partial charge in [0.05, 0.1) is 25.1 Å². The van der Waals surface area contributed by atoms with E-state index in [-0.39, 0.29) is 0 Å². The first kappa shape index (κ1) is 12.5. The van der Waals surface area contributed by atoms with Crippen LogP contribution < -0.4 is 5.32 Å². The Hall–Kier alpha value is -0.910. The van der Waals surface area contributed by atoms with Crippen molar-refractivity contribution in [1.29, 1.82) is 0 Å². The van der Waals surface area contributed by atoms with Crippen LogP contribution in [0.4, 0.5) is 5.69 Å². The monoisotopic (exact) mass is 256 g/mol. The van der Waals surface area contributed by atoms with Crippen LogP contribution in [-0.4, -0.2) is 54.5 Å². The minimum Gasteiger partial charge on any atom is -0.384 e. The number of morpholine rings is 1. The number of hydrogen-bond acceptors (Lipinski definition) is 5. The van der Waals surface area contributed by atoms with E-state index in [4.69, 9.17) is 16.3 Å². The van der Waals surface area contributed by atoms with E-state index in [1.807, 2.05) is 0 Å². The van der Waals surface area contributed by atoms with Gasteiger partial charge >= 0.3 is 0 Å². The second kappa shape index (κ2) is 6.74. The molecule has 2 rings (SSSR count). The molecule has 0 aliphatic carbocycles. The summed E-state index contributed by atoms with van der Waals surface area (Å²) in [5.74, 6) is 0. The zero-order chi connectivity index (χ0) is 11.9. The number of ether oxygens (including phenoxy) is 1. The van der Waals surface area contributed by atoms with E-state index in [0.717, 1.165) is 51.5 Å². The fraction of sp³-hybridized carbons (Fsp3) is 0.636. The van der Waals surface area contributed by atoms with Gasteiger partial charge in [-0.3, -0.25) is 4.90 Å². The number of rotatable bonds is 5. The predicted molar refractivity (Wildman–Crippen MR) is 67.4 cm³/mol. The van der Waals surface area contributed by atoms with Gasteiger partial charge in [0.1, 0.15) is 0 Å². The summed E-state index contributed by atoms with van der Waals surface area (Å²) in [6.07, 6.45) is 2.78. The molecular formula is C11H17ClN4O. The fourth-order valence-corrected chi connectivity index (χ4v) is 1.96. The van der Waals surface area contributed by atoms with Crippen LogP contribution in [0.2, 0.25) is 5.15 Å². The molecule has 0 amide bonds. The van der Waals surface area contributed by atoms with E-state index < -0.39 is 0 Å². The van der Waals surface area contributed by atoms with Crippen molar-refractivity contribution in [2.75, 3.05) is 44.7 Å². The van der Waals surface area contributed by atoms with Gasteiger partial charge in [-0.05, 0) is 13.0 Å². The predicted octanol–water partition coefficient (Wildman–Crippen LogP) is 1.26. The van der Waals surface area contributed by atoms with E-state index in [9.17, 15) is 0 Å². The third kappa shape index (κ3) is 4.46. The van der Waals surface area contributed by atoms with Gasteiger partial charge < -0.3 is 10.1 Å². The molecule has 6 heteroatoms. The Balaban J connectivity index is 1.62. The molecule has 0 unspecified atom stereocenters. The molecule has 0 aromatic carbocycles. The largest absolute Gasteiger partial charge is 0.384 e. The summed E-state index contributed by atoms with van der Waals surface area (Å²) in [5, 5.41) is 11.2. The first-order valence-electron chi connectivity index (χ1n) is 5.87. The first-order chi connectivity index (χ1) is 8.34. The average molecular weight is 257 g/mol. The molecule has 0 spiro atoms. The quantitative estimate of drug-likeness (QED) is 0.804. The Bertz CT molecular complexity index is 344. The maximum absolute atomic E-state index is 5.74. The molecule has 0 saturated carbocycles. The number of anilines is 1. The van der Waals surface area contributed by atoms with E-state index in [0.29, 0.717) is 5.15 Å². The molecule has 1 N–H and O–H groups in total. The summed E-state index contributed by atoms with van der Waals surface area (Å²) in [4.78, 5) is 2.42. The highest BCUT2D eigenvalue weighted by atomic mass is 35.5.